The molecule has 1 aromatic heterocycles. The van der Waals surface area contributed by atoms with Crippen LogP contribution < -0.4 is 10.2 Å². The van der Waals surface area contributed by atoms with Crippen molar-refractivity contribution in [2.75, 3.05) is 12.5 Å². The number of furan rings is 1. The summed E-state index contributed by atoms with van der Waals surface area (Å²) in [5.74, 6) is 0.880. The van der Waals surface area contributed by atoms with Crippen LogP contribution in [0, 0.1) is 0 Å². The molecule has 1 heterocycles. The zero-order chi connectivity index (χ0) is 18.2. The molecule has 0 aliphatic carbocycles. The van der Waals surface area contributed by atoms with Crippen LogP contribution in [0.1, 0.15) is 21.9 Å². The molecular formula is C20H18N2O4. The summed E-state index contributed by atoms with van der Waals surface area (Å²) in [6, 6.07) is 20.4. The van der Waals surface area contributed by atoms with Gasteiger partial charge in [0.05, 0.1) is 19.0 Å². The Bertz CT molecular complexity index is 870. The Balaban J connectivity index is 1.51. The van der Waals surface area contributed by atoms with E-state index in [1.807, 2.05) is 54.6 Å². The Kier molecular flexibility index (Phi) is 5.67. The molecule has 0 saturated carbocycles. The van der Waals surface area contributed by atoms with Gasteiger partial charge < -0.3 is 13.9 Å². The van der Waals surface area contributed by atoms with Crippen LogP contribution in [0.15, 0.2) is 76.2 Å². The summed E-state index contributed by atoms with van der Waals surface area (Å²) in [4.78, 5) is 11.3. The second-order valence-corrected chi connectivity index (χ2v) is 5.35. The number of hydrogen-bond donors (Lipinski definition) is 1. The zero-order valence-electron chi connectivity index (χ0n) is 14.2. The highest BCUT2D eigenvalue weighted by molar-refractivity contribution is 5.86. The van der Waals surface area contributed by atoms with Crippen molar-refractivity contribution in [3.8, 4) is 5.75 Å². The molecule has 0 unspecified atom stereocenters. The Morgan fingerprint density at radius 3 is 2.58 bits per heavy atom. The lowest BCUT2D eigenvalue weighted by Gasteiger charge is -2.04. The monoisotopic (exact) mass is 350 g/mol. The fraction of sp³-hybridized carbons (Fsp3) is 0.100. The first-order valence-corrected chi connectivity index (χ1v) is 7.98. The predicted molar refractivity (Wildman–Crippen MR) is 98.5 cm³/mol. The van der Waals surface area contributed by atoms with Crippen molar-refractivity contribution in [1.82, 2.24) is 0 Å². The van der Waals surface area contributed by atoms with E-state index in [1.165, 1.54) is 7.11 Å². The summed E-state index contributed by atoms with van der Waals surface area (Å²) in [5.41, 5.74) is 4.82. The molecule has 0 amide bonds. The molecule has 0 saturated heterocycles. The smallest absolute Gasteiger partial charge is 0.373 e. The number of carbonyl (C=O) groups excluding carboxylic acids is 1. The van der Waals surface area contributed by atoms with Crippen LogP contribution >= 0.6 is 0 Å². The predicted octanol–water partition coefficient (Wildman–Crippen LogP) is 4.09. The molecule has 0 atom stereocenters. The molecule has 0 bridgehead atoms. The highest BCUT2D eigenvalue weighted by Gasteiger charge is 2.11. The molecule has 0 spiro atoms. The maximum Gasteiger partial charge on any atom is 0.373 e. The molecule has 26 heavy (non-hydrogen) atoms. The normalized spacial score (nSPS) is 10.7. The minimum atomic E-state index is -0.510. The van der Waals surface area contributed by atoms with Gasteiger partial charge in [-0.25, -0.2) is 4.79 Å². The minimum Gasteiger partial charge on any atom is -0.486 e. The Labute approximate surface area is 151 Å². The van der Waals surface area contributed by atoms with Crippen molar-refractivity contribution in [3.63, 3.8) is 0 Å². The molecule has 3 rings (SSSR count). The number of carbonyl (C=O) groups is 1. The molecule has 6 nitrogen and oxygen atoms in total. The third-order valence-corrected chi connectivity index (χ3v) is 3.49. The standard InChI is InChI=1S/C20H18N2O4/c1-24-20(23)19-12-11-18(26-19)14-25-17-9-7-15(8-10-17)13-21-22-16-5-3-2-4-6-16/h2-13,22H,14H2,1H3. The summed E-state index contributed by atoms with van der Waals surface area (Å²) in [6.45, 7) is 0.222. The maximum absolute atomic E-state index is 11.3. The molecule has 0 radical (unpaired) electrons. The maximum atomic E-state index is 11.3. The van der Waals surface area contributed by atoms with Crippen LogP contribution in [0.4, 0.5) is 5.69 Å². The van der Waals surface area contributed by atoms with Crippen LogP contribution in [0.25, 0.3) is 0 Å². The third kappa shape index (κ3) is 4.73. The topological polar surface area (TPSA) is 73.1 Å². The number of hydrazone groups is 1. The van der Waals surface area contributed by atoms with Gasteiger partial charge in [-0.1, -0.05) is 18.2 Å². The van der Waals surface area contributed by atoms with Gasteiger partial charge >= 0.3 is 5.97 Å². The lowest BCUT2D eigenvalue weighted by atomic mass is 10.2. The second-order valence-electron chi connectivity index (χ2n) is 5.35. The Hall–Kier alpha value is -3.54. The Morgan fingerprint density at radius 1 is 1.08 bits per heavy atom. The van der Waals surface area contributed by atoms with Crippen LogP contribution in [-0.2, 0) is 11.3 Å². The van der Waals surface area contributed by atoms with E-state index in [0.717, 1.165) is 11.3 Å². The van der Waals surface area contributed by atoms with E-state index in [1.54, 1.807) is 18.3 Å². The highest BCUT2D eigenvalue weighted by atomic mass is 16.5. The van der Waals surface area contributed by atoms with Crippen molar-refractivity contribution in [2.24, 2.45) is 5.10 Å². The summed E-state index contributed by atoms with van der Waals surface area (Å²) < 4.78 is 15.6. The van der Waals surface area contributed by atoms with Crippen molar-refractivity contribution in [2.45, 2.75) is 6.61 Å². The molecule has 3 aromatic rings. The van der Waals surface area contributed by atoms with Gasteiger partial charge in [0.15, 0.2) is 0 Å². The van der Waals surface area contributed by atoms with Crippen molar-refractivity contribution in [3.05, 3.63) is 83.8 Å². The zero-order valence-corrected chi connectivity index (χ0v) is 14.2. The van der Waals surface area contributed by atoms with Gasteiger partial charge in [0, 0.05) is 0 Å². The molecule has 0 aliphatic heterocycles. The summed E-state index contributed by atoms with van der Waals surface area (Å²) in [7, 11) is 1.31. The highest BCUT2D eigenvalue weighted by Crippen LogP contribution is 2.15. The second kappa shape index (κ2) is 8.53. The number of para-hydroxylation sites is 1. The largest absolute Gasteiger partial charge is 0.486 e. The summed E-state index contributed by atoms with van der Waals surface area (Å²) in [6.07, 6.45) is 1.73. The fourth-order valence-corrected chi connectivity index (χ4v) is 2.16. The molecule has 0 fully saturated rings. The first-order valence-electron chi connectivity index (χ1n) is 7.98. The van der Waals surface area contributed by atoms with E-state index in [9.17, 15) is 4.79 Å². The first kappa shape index (κ1) is 17.3. The number of benzene rings is 2. The van der Waals surface area contributed by atoms with E-state index in [0.29, 0.717) is 11.5 Å². The van der Waals surface area contributed by atoms with Crippen molar-refractivity contribution < 1.29 is 18.7 Å². The van der Waals surface area contributed by atoms with Gasteiger partial charge in [0.25, 0.3) is 0 Å². The van der Waals surface area contributed by atoms with E-state index in [-0.39, 0.29) is 12.4 Å². The van der Waals surface area contributed by atoms with Crippen LogP contribution in [0.2, 0.25) is 0 Å². The molecular weight excluding hydrogens is 332 g/mol. The van der Waals surface area contributed by atoms with E-state index < -0.39 is 5.97 Å². The number of nitrogens with zero attached hydrogens (tertiary/aromatic N) is 1. The van der Waals surface area contributed by atoms with E-state index in [4.69, 9.17) is 9.15 Å². The van der Waals surface area contributed by atoms with Crippen LogP contribution in [0.3, 0.4) is 0 Å². The van der Waals surface area contributed by atoms with Crippen LogP contribution in [-0.4, -0.2) is 19.3 Å². The van der Waals surface area contributed by atoms with Gasteiger partial charge in [0.1, 0.15) is 18.1 Å². The lowest BCUT2D eigenvalue weighted by molar-refractivity contribution is 0.0561. The van der Waals surface area contributed by atoms with E-state index >= 15 is 0 Å². The number of hydrogen-bond acceptors (Lipinski definition) is 6. The molecule has 6 heteroatoms. The van der Waals surface area contributed by atoms with Gasteiger partial charge in [0.2, 0.25) is 5.76 Å². The van der Waals surface area contributed by atoms with Gasteiger partial charge in [-0.15, -0.1) is 0 Å². The van der Waals surface area contributed by atoms with Crippen molar-refractivity contribution in [1.29, 1.82) is 0 Å². The summed E-state index contributed by atoms with van der Waals surface area (Å²) >= 11 is 0. The Morgan fingerprint density at radius 2 is 1.85 bits per heavy atom. The van der Waals surface area contributed by atoms with Gasteiger partial charge in [-0.3, -0.25) is 5.43 Å². The van der Waals surface area contributed by atoms with Gasteiger partial charge in [-0.2, -0.15) is 5.10 Å². The lowest BCUT2D eigenvalue weighted by Crippen LogP contribution is -1.99. The number of rotatable bonds is 7. The molecule has 1 N–H and O–H groups in total. The average molecular weight is 350 g/mol. The molecule has 2 aromatic carbocycles. The average Bonchev–Trinajstić information content (AvgIpc) is 3.17. The van der Waals surface area contributed by atoms with Gasteiger partial charge in [-0.05, 0) is 54.1 Å². The fourth-order valence-electron chi connectivity index (χ4n) is 2.16. The minimum absolute atomic E-state index is 0.156. The number of anilines is 1. The number of ether oxygens (including phenoxy) is 2. The molecule has 132 valence electrons. The summed E-state index contributed by atoms with van der Waals surface area (Å²) in [5, 5.41) is 4.19. The quantitative estimate of drug-likeness (QED) is 0.395. The van der Waals surface area contributed by atoms with Crippen LogP contribution in [0.5, 0.6) is 5.75 Å². The first-order chi connectivity index (χ1) is 12.7. The van der Waals surface area contributed by atoms with E-state index in [2.05, 4.69) is 15.3 Å². The SMILES string of the molecule is COC(=O)c1ccc(COc2ccc(C=NNc3ccccc3)cc2)o1. The van der Waals surface area contributed by atoms with Crippen molar-refractivity contribution >= 4 is 17.9 Å². The number of methoxy groups -OCH3 is 1. The third-order valence-electron chi connectivity index (χ3n) is 3.49. The number of esters is 1. The number of nitrogens with one attached hydrogen (secondary N) is 1. The molecule has 0 aliphatic rings.